The molecule has 3 aliphatic rings. The minimum Gasteiger partial charge on any atom is -0.466 e. The third kappa shape index (κ3) is 3.56. The summed E-state index contributed by atoms with van der Waals surface area (Å²) in [5, 5.41) is 0. The fourth-order valence-electron chi connectivity index (χ4n) is 5.79. The molecule has 2 aliphatic heterocycles. The van der Waals surface area contributed by atoms with E-state index >= 15 is 0 Å². The normalized spacial score (nSPS) is 29.2. The topological polar surface area (TPSA) is 84.0 Å². The van der Waals surface area contributed by atoms with Crippen LogP contribution in [0.5, 0.6) is 0 Å². The van der Waals surface area contributed by atoms with Gasteiger partial charge in [0.1, 0.15) is 6.04 Å². The average molecular weight is 457 g/mol. The van der Waals surface area contributed by atoms with Crippen LogP contribution in [0.1, 0.15) is 46.1 Å². The maximum absolute atomic E-state index is 14.9. The molecule has 0 saturated carbocycles. The Hall–Kier alpha value is -3.03. The summed E-state index contributed by atoms with van der Waals surface area (Å²) >= 11 is 0. The first-order chi connectivity index (χ1) is 15.5. The first kappa shape index (κ1) is 23.1. The van der Waals surface area contributed by atoms with Crippen LogP contribution in [0.4, 0.5) is 4.39 Å². The number of nitrogens with zero attached hydrogens (tertiary/aromatic N) is 2. The van der Waals surface area contributed by atoms with Crippen LogP contribution in [0, 0.1) is 11.3 Å². The number of hydrogen-bond donors (Lipinski definition) is 0. The van der Waals surface area contributed by atoms with Crippen LogP contribution in [0.2, 0.25) is 0 Å². The number of Topliss-reactive ketones (excluding diaryl/α,β-unsaturated/α-hetero) is 1. The number of carbonyl (C=O) groups is 4. The second-order valence-electron chi connectivity index (χ2n) is 9.93. The number of rotatable bonds is 5. The highest BCUT2D eigenvalue weighted by Crippen LogP contribution is 2.59. The van der Waals surface area contributed by atoms with Crippen LogP contribution >= 0.6 is 0 Å². The van der Waals surface area contributed by atoms with Crippen LogP contribution in [-0.2, 0) is 30.5 Å². The van der Waals surface area contributed by atoms with E-state index in [0.717, 1.165) is 11.6 Å². The molecule has 1 spiro atoms. The lowest BCUT2D eigenvalue weighted by Crippen LogP contribution is -2.54. The Morgan fingerprint density at radius 3 is 2.42 bits per heavy atom. The first-order valence-corrected chi connectivity index (χ1v) is 11.3. The van der Waals surface area contributed by atoms with Crippen molar-refractivity contribution in [2.45, 2.75) is 64.7 Å². The van der Waals surface area contributed by atoms with E-state index in [9.17, 15) is 23.6 Å². The van der Waals surface area contributed by atoms with Crippen molar-refractivity contribution in [1.29, 1.82) is 0 Å². The Kier molecular flexibility index (Phi) is 5.66. The van der Waals surface area contributed by atoms with Gasteiger partial charge in [0.15, 0.2) is 11.6 Å². The summed E-state index contributed by atoms with van der Waals surface area (Å²) in [6.45, 7) is 7.50. The van der Waals surface area contributed by atoms with Crippen molar-refractivity contribution in [3.05, 3.63) is 47.8 Å². The monoisotopic (exact) mass is 456 g/mol. The molecule has 0 bridgehead atoms. The largest absolute Gasteiger partial charge is 0.466 e. The van der Waals surface area contributed by atoms with E-state index in [1.165, 1.54) is 4.90 Å². The van der Waals surface area contributed by atoms with Gasteiger partial charge in [0.2, 0.25) is 11.8 Å². The lowest BCUT2D eigenvalue weighted by Gasteiger charge is -2.44. The van der Waals surface area contributed by atoms with Crippen LogP contribution < -0.4 is 0 Å². The molecular weight excluding hydrogens is 427 g/mol. The highest BCUT2D eigenvalue weighted by Gasteiger charge is 2.73. The molecule has 1 aromatic rings. The second kappa shape index (κ2) is 8.08. The fourth-order valence-corrected chi connectivity index (χ4v) is 5.79. The number of benzene rings is 1. The summed E-state index contributed by atoms with van der Waals surface area (Å²) in [6, 6.07) is 7.47. The van der Waals surface area contributed by atoms with Crippen molar-refractivity contribution in [1.82, 2.24) is 9.80 Å². The van der Waals surface area contributed by atoms with Gasteiger partial charge in [0, 0.05) is 18.5 Å². The van der Waals surface area contributed by atoms with Gasteiger partial charge in [-0.15, -0.1) is 0 Å². The van der Waals surface area contributed by atoms with E-state index in [4.69, 9.17) is 4.74 Å². The Balaban J connectivity index is 1.89. The Morgan fingerprint density at radius 2 is 1.82 bits per heavy atom. The molecule has 0 radical (unpaired) electrons. The lowest BCUT2D eigenvalue weighted by atomic mass is 9.64. The molecule has 8 heteroatoms. The number of halogens is 1. The van der Waals surface area contributed by atoms with Gasteiger partial charge in [0.25, 0.3) is 0 Å². The minimum absolute atomic E-state index is 0.142. The fraction of sp³-hybridized carbons (Fsp3) is 0.520. The van der Waals surface area contributed by atoms with Gasteiger partial charge in [-0.25, -0.2) is 4.39 Å². The predicted molar refractivity (Wildman–Crippen MR) is 117 cm³/mol. The van der Waals surface area contributed by atoms with E-state index < -0.39 is 52.4 Å². The molecule has 1 unspecified atom stereocenters. The van der Waals surface area contributed by atoms with Crippen LogP contribution in [-0.4, -0.2) is 57.6 Å². The Bertz CT molecular complexity index is 1030. The molecule has 33 heavy (non-hydrogen) atoms. The maximum Gasteiger partial charge on any atom is 0.306 e. The summed E-state index contributed by atoms with van der Waals surface area (Å²) in [6.07, 6.45) is 0.645. The van der Waals surface area contributed by atoms with Gasteiger partial charge in [0.05, 0.1) is 30.4 Å². The van der Waals surface area contributed by atoms with Gasteiger partial charge in [-0.05, 0) is 39.3 Å². The summed E-state index contributed by atoms with van der Waals surface area (Å²) in [5.74, 6) is -3.98. The minimum atomic E-state index is -1.33. The van der Waals surface area contributed by atoms with Gasteiger partial charge in [-0.3, -0.25) is 19.2 Å². The Labute approximate surface area is 192 Å². The van der Waals surface area contributed by atoms with E-state index in [-0.39, 0.29) is 31.9 Å². The standard InChI is InChI=1S/C25H29FN2O5/c1-5-33-20(30)11-16-22(31)27(14-15-9-7-6-8-10-15)21-23(32)28(24(2,3)4)19-12-18(29)17(26)13-25(16,19)21/h6-10,13,16,19,21H,5,11-12,14H2,1-4H3/t16-,19-,21+,25?/m1/s1. The number of ketones is 1. The highest BCUT2D eigenvalue weighted by molar-refractivity contribution is 6.03. The molecule has 4 atom stereocenters. The van der Waals surface area contributed by atoms with Crippen molar-refractivity contribution in [3.8, 4) is 0 Å². The quantitative estimate of drug-likeness (QED) is 0.637. The number of likely N-dealkylation sites (tertiary alicyclic amines) is 2. The SMILES string of the molecule is CCOC(=O)C[C@@H]1C(=O)N(Cc2ccccc2)[C@H]2C(=O)N(C(C)(C)C)[C@@H]3CC(=O)C(F)=CC123. The van der Waals surface area contributed by atoms with Crippen LogP contribution in [0.3, 0.4) is 0 Å². The van der Waals surface area contributed by atoms with Crippen molar-refractivity contribution in [2.24, 2.45) is 11.3 Å². The predicted octanol–water partition coefficient (Wildman–Crippen LogP) is 2.79. The third-order valence-corrected chi connectivity index (χ3v) is 6.95. The van der Waals surface area contributed by atoms with Crippen molar-refractivity contribution in [3.63, 3.8) is 0 Å². The summed E-state index contributed by atoms with van der Waals surface area (Å²) in [7, 11) is 0. The summed E-state index contributed by atoms with van der Waals surface area (Å²) < 4.78 is 20.0. The van der Waals surface area contributed by atoms with Crippen LogP contribution in [0.25, 0.3) is 0 Å². The number of hydrogen-bond acceptors (Lipinski definition) is 5. The Morgan fingerprint density at radius 1 is 1.15 bits per heavy atom. The van der Waals surface area contributed by atoms with E-state index in [0.29, 0.717) is 0 Å². The molecule has 176 valence electrons. The number of allylic oxidation sites excluding steroid dienone is 1. The average Bonchev–Trinajstić information content (AvgIpc) is 3.10. The van der Waals surface area contributed by atoms with Gasteiger partial charge >= 0.3 is 5.97 Å². The molecule has 7 nitrogen and oxygen atoms in total. The number of carbonyl (C=O) groups excluding carboxylic acids is 4. The van der Waals surface area contributed by atoms with Gasteiger partial charge in [-0.1, -0.05) is 30.3 Å². The third-order valence-electron chi connectivity index (χ3n) is 6.95. The van der Waals surface area contributed by atoms with Crippen molar-refractivity contribution in [2.75, 3.05) is 6.61 Å². The zero-order valence-electron chi connectivity index (χ0n) is 19.3. The molecular formula is C25H29FN2O5. The maximum atomic E-state index is 14.9. The second-order valence-corrected chi connectivity index (χ2v) is 9.93. The molecule has 2 heterocycles. The number of ether oxygens (including phenoxy) is 1. The van der Waals surface area contributed by atoms with E-state index in [1.54, 1.807) is 11.8 Å². The van der Waals surface area contributed by atoms with Crippen molar-refractivity contribution >= 4 is 23.6 Å². The molecule has 0 aromatic heterocycles. The van der Waals surface area contributed by atoms with Gasteiger partial charge in [-0.2, -0.15) is 0 Å². The molecule has 0 N–H and O–H groups in total. The summed E-state index contributed by atoms with van der Waals surface area (Å²) in [5.41, 5.74) is -1.19. The van der Waals surface area contributed by atoms with E-state index in [1.807, 2.05) is 51.1 Å². The molecule has 2 fully saturated rings. The molecule has 2 amide bonds. The van der Waals surface area contributed by atoms with Crippen LogP contribution in [0.15, 0.2) is 42.2 Å². The number of esters is 1. The highest BCUT2D eigenvalue weighted by atomic mass is 19.1. The van der Waals surface area contributed by atoms with Gasteiger partial charge < -0.3 is 14.5 Å². The first-order valence-electron chi connectivity index (χ1n) is 11.3. The molecule has 1 aromatic carbocycles. The number of amides is 2. The van der Waals surface area contributed by atoms with E-state index in [2.05, 4.69) is 0 Å². The zero-order chi connectivity index (χ0) is 24.1. The summed E-state index contributed by atoms with van der Waals surface area (Å²) in [4.78, 5) is 55.6. The zero-order valence-corrected chi connectivity index (χ0v) is 19.3. The molecule has 2 saturated heterocycles. The molecule has 4 rings (SSSR count). The smallest absolute Gasteiger partial charge is 0.306 e. The molecule has 1 aliphatic carbocycles. The lowest BCUT2D eigenvalue weighted by molar-refractivity contribution is -0.150. The van der Waals surface area contributed by atoms with Crippen molar-refractivity contribution < 1.29 is 28.3 Å².